The van der Waals surface area contributed by atoms with Gasteiger partial charge in [0.1, 0.15) is 0 Å². The van der Waals surface area contributed by atoms with E-state index in [2.05, 4.69) is 23.8 Å². The highest BCUT2D eigenvalue weighted by Crippen LogP contribution is 2.32. The summed E-state index contributed by atoms with van der Waals surface area (Å²) in [6.45, 7) is 8.43. The maximum atomic E-state index is 5.62. The number of hydrogen-bond donors (Lipinski definition) is 1. The first-order chi connectivity index (χ1) is 9.27. The molecule has 0 radical (unpaired) electrons. The van der Waals surface area contributed by atoms with Crippen molar-refractivity contribution >= 4 is 0 Å². The van der Waals surface area contributed by atoms with Gasteiger partial charge in [0.2, 0.25) is 0 Å². The summed E-state index contributed by atoms with van der Waals surface area (Å²) in [7, 11) is 0. The molecule has 1 aromatic rings. The molecule has 2 aliphatic heterocycles. The fraction of sp³-hybridized carbons (Fsp3) is 0.800. The molecule has 1 unspecified atom stereocenters. The Balaban J connectivity index is 1.86. The number of nitrogens with zero attached hydrogens (tertiary/aromatic N) is 2. The first kappa shape index (κ1) is 13.1. The number of aromatic nitrogens is 2. The summed E-state index contributed by atoms with van der Waals surface area (Å²) in [5.41, 5.74) is 4.11. The molecular weight excluding hydrogens is 238 g/mol. The summed E-state index contributed by atoms with van der Waals surface area (Å²) in [5.74, 6) is 0.694. The number of aryl methyl sites for hydroxylation is 1. The highest BCUT2D eigenvalue weighted by Gasteiger charge is 2.26. The van der Waals surface area contributed by atoms with Gasteiger partial charge in [-0.05, 0) is 64.1 Å². The highest BCUT2D eigenvalue weighted by molar-refractivity contribution is 5.29. The van der Waals surface area contributed by atoms with E-state index in [0.29, 0.717) is 12.0 Å². The van der Waals surface area contributed by atoms with E-state index >= 15 is 0 Å². The first-order valence-electron chi connectivity index (χ1n) is 7.61. The molecule has 106 valence electrons. The summed E-state index contributed by atoms with van der Waals surface area (Å²) < 4.78 is 7.86. The number of piperidine rings is 1. The van der Waals surface area contributed by atoms with Crippen molar-refractivity contribution in [2.75, 3.05) is 26.3 Å². The molecule has 0 amide bonds. The molecule has 0 spiro atoms. The predicted molar refractivity (Wildman–Crippen MR) is 75.6 cm³/mol. The largest absolute Gasteiger partial charge is 0.379 e. The summed E-state index contributed by atoms with van der Waals surface area (Å²) in [6.07, 6.45) is 4.85. The Labute approximate surface area is 115 Å². The van der Waals surface area contributed by atoms with Gasteiger partial charge in [0.05, 0.1) is 18.3 Å². The minimum Gasteiger partial charge on any atom is -0.379 e. The minimum atomic E-state index is 0.447. The van der Waals surface area contributed by atoms with Crippen molar-refractivity contribution in [2.45, 2.75) is 51.5 Å². The summed E-state index contributed by atoms with van der Waals surface area (Å²) >= 11 is 0. The molecule has 1 aromatic heterocycles. The van der Waals surface area contributed by atoms with Gasteiger partial charge >= 0.3 is 0 Å². The van der Waals surface area contributed by atoms with Crippen LogP contribution in [0.2, 0.25) is 0 Å². The molecule has 0 bridgehead atoms. The zero-order chi connectivity index (χ0) is 13.2. The van der Waals surface area contributed by atoms with E-state index < -0.39 is 0 Å². The summed E-state index contributed by atoms with van der Waals surface area (Å²) in [5, 5.41) is 8.27. The second kappa shape index (κ2) is 5.63. The maximum absolute atomic E-state index is 5.62. The Hall–Kier alpha value is -0.870. The Morgan fingerprint density at radius 2 is 2.00 bits per heavy atom. The molecular formula is C15H25N3O. The van der Waals surface area contributed by atoms with Crippen molar-refractivity contribution in [1.29, 1.82) is 0 Å². The number of rotatable bonds is 2. The van der Waals surface area contributed by atoms with E-state index in [4.69, 9.17) is 9.84 Å². The summed E-state index contributed by atoms with van der Waals surface area (Å²) in [4.78, 5) is 0. The maximum Gasteiger partial charge on any atom is 0.0756 e. The smallest absolute Gasteiger partial charge is 0.0756 e. The van der Waals surface area contributed by atoms with E-state index in [1.165, 1.54) is 36.2 Å². The van der Waals surface area contributed by atoms with E-state index in [9.17, 15) is 0 Å². The van der Waals surface area contributed by atoms with Crippen LogP contribution in [0.4, 0.5) is 0 Å². The van der Waals surface area contributed by atoms with Crippen molar-refractivity contribution in [1.82, 2.24) is 15.1 Å². The van der Waals surface area contributed by atoms with Crippen LogP contribution in [-0.4, -0.2) is 36.1 Å². The molecule has 19 heavy (non-hydrogen) atoms. The van der Waals surface area contributed by atoms with Crippen molar-refractivity contribution in [3.05, 3.63) is 17.0 Å². The zero-order valence-electron chi connectivity index (χ0n) is 12.1. The lowest BCUT2D eigenvalue weighted by Gasteiger charge is -2.25. The molecule has 1 N–H and O–H groups in total. The van der Waals surface area contributed by atoms with Gasteiger partial charge < -0.3 is 10.1 Å². The second-order valence-electron chi connectivity index (χ2n) is 5.92. The molecule has 2 aliphatic rings. The van der Waals surface area contributed by atoms with Crippen molar-refractivity contribution in [3.63, 3.8) is 0 Å². The van der Waals surface area contributed by atoms with Crippen molar-refractivity contribution in [3.8, 4) is 0 Å². The van der Waals surface area contributed by atoms with E-state index in [0.717, 1.165) is 32.7 Å². The van der Waals surface area contributed by atoms with Crippen molar-refractivity contribution in [2.24, 2.45) is 0 Å². The SMILES string of the molecule is Cc1nn(C2CCCOC2)c(C)c1C1CCNCC1. The quantitative estimate of drug-likeness (QED) is 0.890. The lowest BCUT2D eigenvalue weighted by molar-refractivity contribution is 0.0540. The van der Waals surface area contributed by atoms with Crippen LogP contribution in [0.1, 0.15) is 54.6 Å². The number of nitrogens with one attached hydrogen (secondary N) is 1. The van der Waals surface area contributed by atoms with Gasteiger partial charge in [-0.2, -0.15) is 5.10 Å². The Morgan fingerprint density at radius 1 is 1.21 bits per heavy atom. The van der Waals surface area contributed by atoms with E-state index in [-0.39, 0.29) is 0 Å². The second-order valence-corrected chi connectivity index (χ2v) is 5.92. The van der Waals surface area contributed by atoms with Crippen LogP contribution in [0.25, 0.3) is 0 Å². The van der Waals surface area contributed by atoms with Crippen LogP contribution in [0.15, 0.2) is 0 Å². The standard InChI is InChI=1S/C15H25N3O/c1-11-15(13-5-7-16-8-6-13)12(2)18(17-11)14-4-3-9-19-10-14/h13-14,16H,3-10H2,1-2H3. The van der Waals surface area contributed by atoms with Crippen LogP contribution in [-0.2, 0) is 4.74 Å². The molecule has 3 rings (SSSR count). The van der Waals surface area contributed by atoms with Crippen LogP contribution < -0.4 is 5.32 Å². The molecule has 0 aromatic carbocycles. The normalized spacial score (nSPS) is 25.7. The van der Waals surface area contributed by atoms with Gasteiger partial charge in [0.25, 0.3) is 0 Å². The van der Waals surface area contributed by atoms with Gasteiger partial charge in [0.15, 0.2) is 0 Å². The molecule has 0 saturated carbocycles. The monoisotopic (exact) mass is 263 g/mol. The van der Waals surface area contributed by atoms with Gasteiger partial charge in [-0.1, -0.05) is 0 Å². The third-order valence-corrected chi connectivity index (χ3v) is 4.61. The first-order valence-corrected chi connectivity index (χ1v) is 7.61. The molecule has 1 atom stereocenters. The van der Waals surface area contributed by atoms with Crippen LogP contribution >= 0.6 is 0 Å². The predicted octanol–water partition coefficient (Wildman–Crippen LogP) is 2.32. The molecule has 4 heteroatoms. The molecule has 2 fully saturated rings. The molecule has 3 heterocycles. The lowest BCUT2D eigenvalue weighted by atomic mass is 9.89. The van der Waals surface area contributed by atoms with E-state index in [1.807, 2.05) is 0 Å². The average Bonchev–Trinajstić information content (AvgIpc) is 2.76. The van der Waals surface area contributed by atoms with Gasteiger partial charge in [-0.3, -0.25) is 4.68 Å². The third-order valence-electron chi connectivity index (χ3n) is 4.61. The fourth-order valence-electron chi connectivity index (χ4n) is 3.65. The molecule has 4 nitrogen and oxygen atoms in total. The van der Waals surface area contributed by atoms with Crippen LogP contribution in [0, 0.1) is 13.8 Å². The Morgan fingerprint density at radius 3 is 2.68 bits per heavy atom. The van der Waals surface area contributed by atoms with Crippen LogP contribution in [0.3, 0.4) is 0 Å². The molecule has 2 saturated heterocycles. The highest BCUT2D eigenvalue weighted by atomic mass is 16.5. The minimum absolute atomic E-state index is 0.447. The molecule has 0 aliphatic carbocycles. The number of hydrogen-bond acceptors (Lipinski definition) is 3. The van der Waals surface area contributed by atoms with Gasteiger partial charge in [-0.15, -0.1) is 0 Å². The van der Waals surface area contributed by atoms with Crippen molar-refractivity contribution < 1.29 is 4.74 Å². The van der Waals surface area contributed by atoms with Gasteiger partial charge in [0, 0.05) is 12.3 Å². The van der Waals surface area contributed by atoms with Gasteiger partial charge in [-0.25, -0.2) is 0 Å². The Kier molecular flexibility index (Phi) is 3.89. The fourth-order valence-corrected chi connectivity index (χ4v) is 3.65. The zero-order valence-corrected chi connectivity index (χ0v) is 12.1. The average molecular weight is 263 g/mol. The van der Waals surface area contributed by atoms with E-state index in [1.54, 1.807) is 0 Å². The topological polar surface area (TPSA) is 39.1 Å². The lowest BCUT2D eigenvalue weighted by Crippen LogP contribution is -2.27. The summed E-state index contributed by atoms with van der Waals surface area (Å²) in [6, 6.07) is 0.447. The third kappa shape index (κ3) is 2.56. The number of ether oxygens (including phenoxy) is 1. The Bertz CT molecular complexity index is 429. The van der Waals surface area contributed by atoms with Crippen LogP contribution in [0.5, 0.6) is 0 Å².